The lowest BCUT2D eigenvalue weighted by Crippen LogP contribution is -2.35. The molecule has 1 aliphatic heterocycles. The molecule has 1 fully saturated rings. The van der Waals surface area contributed by atoms with Gasteiger partial charge in [-0.05, 0) is 29.3 Å². The van der Waals surface area contributed by atoms with Crippen LogP contribution in [0.15, 0.2) is 42.6 Å². The van der Waals surface area contributed by atoms with E-state index in [9.17, 15) is 18.0 Å². The first-order chi connectivity index (χ1) is 13.9. The number of benzene rings is 1. The first-order valence-electron chi connectivity index (χ1n) is 9.21. The first kappa shape index (κ1) is 21.1. The lowest BCUT2D eigenvalue weighted by atomic mass is 10.1. The van der Waals surface area contributed by atoms with Crippen LogP contribution in [0.5, 0.6) is 5.88 Å². The average Bonchev–Trinajstić information content (AvgIpc) is 2.71. The van der Waals surface area contributed by atoms with E-state index in [0.717, 1.165) is 25.2 Å². The minimum atomic E-state index is -4.43. The van der Waals surface area contributed by atoms with Crippen molar-refractivity contribution in [3.8, 4) is 5.88 Å². The molecule has 6 nitrogen and oxygen atoms in total. The lowest BCUT2D eigenvalue weighted by molar-refractivity contribution is -0.154. The number of rotatable bonds is 7. The van der Waals surface area contributed by atoms with E-state index in [0.29, 0.717) is 24.3 Å². The Balaban J connectivity index is 1.54. The normalized spacial score (nSPS) is 15.1. The Labute approximate surface area is 166 Å². The van der Waals surface area contributed by atoms with Crippen molar-refractivity contribution < 1.29 is 27.4 Å². The molecule has 0 radical (unpaired) electrons. The predicted octanol–water partition coefficient (Wildman–Crippen LogP) is 2.78. The van der Waals surface area contributed by atoms with Crippen molar-refractivity contribution in [3.63, 3.8) is 0 Å². The van der Waals surface area contributed by atoms with E-state index in [4.69, 9.17) is 4.74 Å². The highest BCUT2D eigenvalue weighted by Gasteiger charge is 2.28. The third-order valence-corrected chi connectivity index (χ3v) is 4.34. The van der Waals surface area contributed by atoms with Gasteiger partial charge in [-0.1, -0.05) is 12.1 Å². The fraction of sp³-hybridized carbons (Fsp3) is 0.400. The second-order valence-electron chi connectivity index (χ2n) is 6.68. The molecule has 156 valence electrons. The van der Waals surface area contributed by atoms with Crippen molar-refractivity contribution in [2.24, 2.45) is 0 Å². The number of carbonyl (C=O) groups is 1. The van der Waals surface area contributed by atoms with E-state index in [1.807, 2.05) is 18.2 Å². The van der Waals surface area contributed by atoms with Crippen LogP contribution in [0.1, 0.15) is 21.5 Å². The molecular formula is C20H22F3N3O3. The SMILES string of the molecule is O=C(NCc1ccnc(OCC(F)(F)F)c1)c1cccc(CN2CCOCC2)c1. The molecule has 2 heterocycles. The Morgan fingerprint density at radius 3 is 2.72 bits per heavy atom. The van der Waals surface area contributed by atoms with Gasteiger partial charge in [0.2, 0.25) is 5.88 Å². The Hall–Kier alpha value is -2.65. The fourth-order valence-electron chi connectivity index (χ4n) is 2.91. The van der Waals surface area contributed by atoms with Crippen LogP contribution in [0.2, 0.25) is 0 Å². The van der Waals surface area contributed by atoms with Gasteiger partial charge in [-0.3, -0.25) is 9.69 Å². The predicted molar refractivity (Wildman–Crippen MR) is 99.5 cm³/mol. The number of amides is 1. The molecule has 0 bridgehead atoms. The zero-order valence-corrected chi connectivity index (χ0v) is 15.7. The van der Waals surface area contributed by atoms with Crippen LogP contribution < -0.4 is 10.1 Å². The maximum atomic E-state index is 12.5. The average molecular weight is 409 g/mol. The Morgan fingerprint density at radius 2 is 1.97 bits per heavy atom. The van der Waals surface area contributed by atoms with Gasteiger partial charge in [0.05, 0.1) is 13.2 Å². The molecule has 0 saturated carbocycles. The van der Waals surface area contributed by atoms with Gasteiger partial charge in [-0.25, -0.2) is 4.98 Å². The van der Waals surface area contributed by atoms with Gasteiger partial charge in [0.1, 0.15) is 0 Å². The maximum absolute atomic E-state index is 12.5. The van der Waals surface area contributed by atoms with Gasteiger partial charge >= 0.3 is 6.18 Å². The summed E-state index contributed by atoms with van der Waals surface area (Å²) in [5.41, 5.74) is 2.15. The highest BCUT2D eigenvalue weighted by molar-refractivity contribution is 5.94. The molecule has 1 N–H and O–H groups in total. The smallest absolute Gasteiger partial charge is 0.422 e. The lowest BCUT2D eigenvalue weighted by Gasteiger charge is -2.26. The number of nitrogens with one attached hydrogen (secondary N) is 1. The highest BCUT2D eigenvalue weighted by atomic mass is 19.4. The summed E-state index contributed by atoms with van der Waals surface area (Å²) in [4.78, 5) is 18.5. The zero-order chi connectivity index (χ0) is 20.7. The van der Waals surface area contributed by atoms with Crippen LogP contribution in [0.25, 0.3) is 0 Å². The zero-order valence-electron chi connectivity index (χ0n) is 15.7. The largest absolute Gasteiger partial charge is 0.468 e. The fourth-order valence-corrected chi connectivity index (χ4v) is 2.91. The standard InChI is InChI=1S/C20H22F3N3O3/c21-20(22,23)14-29-18-11-15(4-5-24-18)12-25-19(27)17-3-1-2-16(10-17)13-26-6-8-28-9-7-26/h1-5,10-11H,6-9,12-14H2,(H,25,27). The van der Waals surface area contributed by atoms with Crippen LogP contribution in [0.4, 0.5) is 13.2 Å². The number of hydrogen-bond acceptors (Lipinski definition) is 5. The summed E-state index contributed by atoms with van der Waals surface area (Å²) >= 11 is 0. The van der Waals surface area contributed by atoms with Crippen molar-refractivity contribution in [3.05, 3.63) is 59.3 Å². The van der Waals surface area contributed by atoms with Crippen LogP contribution in [0, 0.1) is 0 Å². The van der Waals surface area contributed by atoms with Crippen LogP contribution >= 0.6 is 0 Å². The summed E-state index contributed by atoms with van der Waals surface area (Å²) in [6.45, 7) is 2.62. The molecule has 1 saturated heterocycles. The molecule has 2 aromatic rings. The molecule has 0 aliphatic carbocycles. The van der Waals surface area contributed by atoms with E-state index in [1.165, 1.54) is 12.3 Å². The van der Waals surface area contributed by atoms with Gasteiger partial charge in [-0.15, -0.1) is 0 Å². The summed E-state index contributed by atoms with van der Waals surface area (Å²) in [5.74, 6) is -0.398. The van der Waals surface area contributed by atoms with Gasteiger partial charge in [0.15, 0.2) is 6.61 Å². The van der Waals surface area contributed by atoms with E-state index >= 15 is 0 Å². The molecule has 0 unspecified atom stereocenters. The van der Waals surface area contributed by atoms with Crippen molar-refractivity contribution in [1.82, 2.24) is 15.2 Å². The molecule has 1 amide bonds. The Kier molecular flexibility index (Phi) is 7.05. The molecular weight excluding hydrogens is 387 g/mol. The summed E-state index contributed by atoms with van der Waals surface area (Å²) in [7, 11) is 0. The number of carbonyl (C=O) groups excluding carboxylic acids is 1. The number of morpholine rings is 1. The van der Waals surface area contributed by atoms with Crippen molar-refractivity contribution >= 4 is 5.91 Å². The molecule has 0 atom stereocenters. The minimum absolute atomic E-state index is 0.137. The van der Waals surface area contributed by atoms with E-state index in [1.54, 1.807) is 12.1 Å². The van der Waals surface area contributed by atoms with Crippen LogP contribution in [-0.4, -0.2) is 54.9 Å². The van der Waals surface area contributed by atoms with Crippen molar-refractivity contribution in [2.45, 2.75) is 19.3 Å². The van der Waals surface area contributed by atoms with Crippen molar-refractivity contribution in [2.75, 3.05) is 32.9 Å². The molecule has 1 aromatic heterocycles. The minimum Gasteiger partial charge on any atom is -0.468 e. The summed E-state index contributed by atoms with van der Waals surface area (Å²) < 4.78 is 46.7. The number of hydrogen-bond donors (Lipinski definition) is 1. The maximum Gasteiger partial charge on any atom is 0.422 e. The molecule has 29 heavy (non-hydrogen) atoms. The number of nitrogens with zero attached hydrogens (tertiary/aromatic N) is 2. The van der Waals surface area contributed by atoms with Crippen LogP contribution in [0.3, 0.4) is 0 Å². The number of aromatic nitrogens is 1. The number of alkyl halides is 3. The molecule has 9 heteroatoms. The molecule has 3 rings (SSSR count). The highest BCUT2D eigenvalue weighted by Crippen LogP contribution is 2.17. The van der Waals surface area contributed by atoms with Gasteiger partial charge in [0, 0.05) is 44.0 Å². The van der Waals surface area contributed by atoms with E-state index in [-0.39, 0.29) is 18.3 Å². The van der Waals surface area contributed by atoms with Gasteiger partial charge in [0.25, 0.3) is 5.91 Å². The second-order valence-corrected chi connectivity index (χ2v) is 6.68. The third-order valence-electron chi connectivity index (χ3n) is 4.34. The van der Waals surface area contributed by atoms with Crippen molar-refractivity contribution in [1.29, 1.82) is 0 Å². The van der Waals surface area contributed by atoms with E-state index in [2.05, 4.69) is 19.9 Å². The number of ether oxygens (including phenoxy) is 2. The number of pyridine rings is 1. The Morgan fingerprint density at radius 1 is 1.17 bits per heavy atom. The topological polar surface area (TPSA) is 63.7 Å². The molecule has 1 aliphatic rings. The quantitative estimate of drug-likeness (QED) is 0.762. The van der Waals surface area contributed by atoms with Crippen LogP contribution in [-0.2, 0) is 17.8 Å². The molecule has 0 spiro atoms. The Bertz CT molecular complexity index is 824. The third kappa shape index (κ3) is 7.03. The van der Waals surface area contributed by atoms with Gasteiger partial charge in [-0.2, -0.15) is 13.2 Å². The summed E-state index contributed by atoms with van der Waals surface area (Å²) in [5, 5.41) is 2.77. The summed E-state index contributed by atoms with van der Waals surface area (Å²) in [6.07, 6.45) is -3.09. The first-order valence-corrected chi connectivity index (χ1v) is 9.21. The monoisotopic (exact) mass is 409 g/mol. The summed E-state index contributed by atoms with van der Waals surface area (Å²) in [6, 6.07) is 10.4. The number of halogens is 3. The van der Waals surface area contributed by atoms with E-state index < -0.39 is 12.8 Å². The molecule has 1 aromatic carbocycles. The second kappa shape index (κ2) is 9.71. The van der Waals surface area contributed by atoms with Gasteiger partial charge < -0.3 is 14.8 Å².